The molecule has 0 aromatic heterocycles. The van der Waals surface area contributed by atoms with Gasteiger partial charge in [-0.25, -0.2) is 0 Å². The van der Waals surface area contributed by atoms with E-state index >= 15 is 0 Å². The van der Waals surface area contributed by atoms with Crippen molar-refractivity contribution >= 4 is 5.97 Å². The number of carbonyl (C=O) groups excluding carboxylic acids is 1. The van der Waals surface area contributed by atoms with Crippen molar-refractivity contribution in [2.24, 2.45) is 5.92 Å². The predicted molar refractivity (Wildman–Crippen MR) is 38.2 cm³/mol. The SMILES string of the molecule is C=C1OC(=O)CCC1CC. The average Bonchev–Trinajstić information content (AvgIpc) is 1.88. The lowest BCUT2D eigenvalue weighted by atomic mass is 9.97. The van der Waals surface area contributed by atoms with Gasteiger partial charge in [0.2, 0.25) is 0 Å². The average molecular weight is 140 g/mol. The largest absolute Gasteiger partial charge is 0.431 e. The Labute approximate surface area is 60.9 Å². The van der Waals surface area contributed by atoms with Gasteiger partial charge >= 0.3 is 5.97 Å². The van der Waals surface area contributed by atoms with Gasteiger partial charge < -0.3 is 4.74 Å². The lowest BCUT2D eigenvalue weighted by Gasteiger charge is -2.21. The van der Waals surface area contributed by atoms with Gasteiger partial charge in [-0.05, 0) is 12.8 Å². The van der Waals surface area contributed by atoms with Gasteiger partial charge in [-0.15, -0.1) is 0 Å². The highest BCUT2D eigenvalue weighted by molar-refractivity contribution is 5.71. The van der Waals surface area contributed by atoms with Crippen molar-refractivity contribution in [3.63, 3.8) is 0 Å². The molecule has 56 valence electrons. The molecule has 1 aliphatic rings. The highest BCUT2D eigenvalue weighted by Crippen LogP contribution is 2.25. The van der Waals surface area contributed by atoms with E-state index in [1.807, 2.05) is 0 Å². The molecule has 1 heterocycles. The number of cyclic esters (lactones) is 1. The molecule has 1 saturated heterocycles. The Kier molecular flexibility index (Phi) is 2.10. The van der Waals surface area contributed by atoms with E-state index in [0.29, 0.717) is 18.1 Å². The summed E-state index contributed by atoms with van der Waals surface area (Å²) < 4.78 is 4.86. The van der Waals surface area contributed by atoms with Gasteiger partial charge in [-0.3, -0.25) is 4.79 Å². The molecule has 0 aromatic rings. The summed E-state index contributed by atoms with van der Waals surface area (Å²) in [6.07, 6.45) is 2.48. The molecule has 1 unspecified atom stereocenters. The minimum absolute atomic E-state index is 0.130. The summed E-state index contributed by atoms with van der Waals surface area (Å²) in [6.45, 7) is 5.75. The number of carbonyl (C=O) groups is 1. The fourth-order valence-electron chi connectivity index (χ4n) is 1.17. The van der Waals surface area contributed by atoms with Crippen LogP contribution in [-0.2, 0) is 9.53 Å². The van der Waals surface area contributed by atoms with Crippen LogP contribution in [0.2, 0.25) is 0 Å². The van der Waals surface area contributed by atoms with Crippen LogP contribution < -0.4 is 0 Å². The normalized spacial score (nSPS) is 26.3. The second-order valence-electron chi connectivity index (χ2n) is 2.58. The minimum atomic E-state index is -0.130. The third-order valence-corrected chi connectivity index (χ3v) is 1.89. The monoisotopic (exact) mass is 140 g/mol. The summed E-state index contributed by atoms with van der Waals surface area (Å²) in [7, 11) is 0. The standard InChI is InChI=1S/C8H12O2/c1-3-7-4-5-8(9)10-6(7)2/h7H,2-5H2,1H3. The first-order valence-electron chi connectivity index (χ1n) is 3.63. The van der Waals surface area contributed by atoms with E-state index in [1.165, 1.54) is 0 Å². The molecule has 0 aliphatic carbocycles. The Balaban J connectivity index is 2.51. The smallest absolute Gasteiger partial charge is 0.310 e. The van der Waals surface area contributed by atoms with Crippen LogP contribution in [-0.4, -0.2) is 5.97 Å². The quantitative estimate of drug-likeness (QED) is 0.520. The van der Waals surface area contributed by atoms with Crippen molar-refractivity contribution in [1.82, 2.24) is 0 Å². The summed E-state index contributed by atoms with van der Waals surface area (Å²) in [5.74, 6) is 0.922. The Morgan fingerprint density at radius 2 is 2.50 bits per heavy atom. The maximum absolute atomic E-state index is 10.7. The Bertz CT molecular complexity index is 161. The first kappa shape index (κ1) is 7.32. The van der Waals surface area contributed by atoms with E-state index in [4.69, 9.17) is 4.74 Å². The summed E-state index contributed by atoms with van der Waals surface area (Å²) in [5, 5.41) is 0. The molecular weight excluding hydrogens is 128 g/mol. The van der Waals surface area contributed by atoms with Crippen LogP contribution >= 0.6 is 0 Å². The van der Waals surface area contributed by atoms with Gasteiger partial charge in [0.25, 0.3) is 0 Å². The highest BCUT2D eigenvalue weighted by atomic mass is 16.5. The van der Waals surface area contributed by atoms with Crippen molar-refractivity contribution in [3.05, 3.63) is 12.3 Å². The van der Waals surface area contributed by atoms with Crippen molar-refractivity contribution in [2.75, 3.05) is 0 Å². The van der Waals surface area contributed by atoms with Crippen LogP contribution in [0.15, 0.2) is 12.3 Å². The number of allylic oxidation sites excluding steroid dienone is 1. The maximum Gasteiger partial charge on any atom is 0.310 e. The van der Waals surface area contributed by atoms with Crippen molar-refractivity contribution in [2.45, 2.75) is 26.2 Å². The van der Waals surface area contributed by atoms with Gasteiger partial charge in [0, 0.05) is 12.3 Å². The van der Waals surface area contributed by atoms with Crippen molar-refractivity contribution in [3.8, 4) is 0 Å². The van der Waals surface area contributed by atoms with E-state index in [0.717, 1.165) is 12.8 Å². The fraction of sp³-hybridized carbons (Fsp3) is 0.625. The van der Waals surface area contributed by atoms with Crippen LogP contribution in [0.5, 0.6) is 0 Å². The molecule has 10 heavy (non-hydrogen) atoms. The molecule has 2 nitrogen and oxygen atoms in total. The van der Waals surface area contributed by atoms with Gasteiger partial charge in [-0.1, -0.05) is 13.5 Å². The van der Waals surface area contributed by atoms with Crippen LogP contribution in [0.4, 0.5) is 0 Å². The Hall–Kier alpha value is -0.790. The lowest BCUT2D eigenvalue weighted by molar-refractivity contribution is -0.143. The van der Waals surface area contributed by atoms with Crippen LogP contribution in [0, 0.1) is 5.92 Å². The molecule has 2 heteroatoms. The summed E-state index contributed by atoms with van der Waals surface area (Å²) >= 11 is 0. The van der Waals surface area contributed by atoms with E-state index in [2.05, 4.69) is 13.5 Å². The number of hydrogen-bond donors (Lipinski definition) is 0. The van der Waals surface area contributed by atoms with Crippen LogP contribution in [0.25, 0.3) is 0 Å². The van der Waals surface area contributed by atoms with E-state index in [1.54, 1.807) is 0 Å². The fourth-order valence-corrected chi connectivity index (χ4v) is 1.17. The molecule has 1 aliphatic heterocycles. The zero-order chi connectivity index (χ0) is 7.56. The first-order chi connectivity index (χ1) is 4.74. The molecule has 0 N–H and O–H groups in total. The number of ether oxygens (including phenoxy) is 1. The van der Waals surface area contributed by atoms with Gasteiger partial charge in [0.15, 0.2) is 0 Å². The summed E-state index contributed by atoms with van der Waals surface area (Å²) in [5.41, 5.74) is 0. The van der Waals surface area contributed by atoms with Crippen molar-refractivity contribution < 1.29 is 9.53 Å². The molecule has 0 spiro atoms. The van der Waals surface area contributed by atoms with Gasteiger partial charge in [-0.2, -0.15) is 0 Å². The Morgan fingerprint density at radius 3 is 3.00 bits per heavy atom. The maximum atomic E-state index is 10.7. The third kappa shape index (κ3) is 1.38. The van der Waals surface area contributed by atoms with Gasteiger partial charge in [0.1, 0.15) is 5.76 Å². The summed E-state index contributed by atoms with van der Waals surface area (Å²) in [6, 6.07) is 0. The van der Waals surface area contributed by atoms with Crippen molar-refractivity contribution in [1.29, 1.82) is 0 Å². The molecule has 0 aromatic carbocycles. The highest BCUT2D eigenvalue weighted by Gasteiger charge is 2.21. The van der Waals surface area contributed by atoms with E-state index < -0.39 is 0 Å². The molecule has 0 bridgehead atoms. The number of rotatable bonds is 1. The molecule has 0 saturated carbocycles. The molecule has 0 radical (unpaired) electrons. The number of esters is 1. The molecule has 1 rings (SSSR count). The second-order valence-corrected chi connectivity index (χ2v) is 2.58. The molecule has 1 atom stereocenters. The van der Waals surface area contributed by atoms with E-state index in [9.17, 15) is 4.79 Å². The zero-order valence-electron chi connectivity index (χ0n) is 6.22. The molecular formula is C8H12O2. The Morgan fingerprint density at radius 1 is 1.80 bits per heavy atom. The molecule has 0 amide bonds. The second kappa shape index (κ2) is 2.86. The number of hydrogen-bond acceptors (Lipinski definition) is 2. The van der Waals surface area contributed by atoms with E-state index in [-0.39, 0.29) is 5.97 Å². The van der Waals surface area contributed by atoms with Gasteiger partial charge in [0.05, 0.1) is 0 Å². The zero-order valence-corrected chi connectivity index (χ0v) is 6.22. The molecule has 1 fully saturated rings. The van der Waals surface area contributed by atoms with Crippen LogP contribution in [0.1, 0.15) is 26.2 Å². The summed E-state index contributed by atoms with van der Waals surface area (Å²) in [4.78, 5) is 10.7. The third-order valence-electron chi connectivity index (χ3n) is 1.89. The minimum Gasteiger partial charge on any atom is -0.431 e. The van der Waals surface area contributed by atoms with Crippen LogP contribution in [0.3, 0.4) is 0 Å². The lowest BCUT2D eigenvalue weighted by Crippen LogP contribution is -2.18. The first-order valence-corrected chi connectivity index (χ1v) is 3.63. The predicted octanol–water partition coefficient (Wildman–Crippen LogP) is 1.86. The topological polar surface area (TPSA) is 26.3 Å².